The minimum absolute atomic E-state index is 0.0243. The summed E-state index contributed by atoms with van der Waals surface area (Å²) in [6.45, 7) is 3.56. The van der Waals surface area contributed by atoms with Crippen molar-refractivity contribution in [2.24, 2.45) is 5.14 Å². The summed E-state index contributed by atoms with van der Waals surface area (Å²) in [5.74, 6) is -0.426. The molecule has 0 radical (unpaired) electrons. The van der Waals surface area contributed by atoms with Crippen LogP contribution < -0.4 is 10.5 Å². The lowest BCUT2D eigenvalue weighted by molar-refractivity contribution is 0.102. The van der Waals surface area contributed by atoms with Crippen molar-refractivity contribution >= 4 is 21.6 Å². The summed E-state index contributed by atoms with van der Waals surface area (Å²) < 4.78 is 22.9. The minimum atomic E-state index is -3.79. The van der Waals surface area contributed by atoms with Crippen LogP contribution in [-0.4, -0.2) is 29.7 Å². The molecule has 9 heteroatoms. The van der Waals surface area contributed by atoms with Crippen LogP contribution in [0, 0.1) is 6.92 Å². The van der Waals surface area contributed by atoms with E-state index >= 15 is 0 Å². The van der Waals surface area contributed by atoms with Gasteiger partial charge in [0.05, 0.1) is 11.1 Å². The Morgan fingerprint density at radius 1 is 1.43 bits per heavy atom. The lowest BCUT2D eigenvalue weighted by Crippen LogP contribution is -2.17. The molecule has 0 aliphatic heterocycles. The Kier molecular flexibility index (Phi) is 4.05. The van der Waals surface area contributed by atoms with E-state index in [0.717, 1.165) is 0 Å². The first-order chi connectivity index (χ1) is 9.82. The first-order valence-corrected chi connectivity index (χ1v) is 7.71. The smallest absolute Gasteiger partial charge is 0.277 e. The van der Waals surface area contributed by atoms with E-state index in [1.165, 1.54) is 18.3 Å². The highest BCUT2D eigenvalue weighted by Gasteiger charge is 2.17. The van der Waals surface area contributed by atoms with Crippen LogP contribution in [0.5, 0.6) is 0 Å². The number of carbonyl (C=O) groups excluding carboxylic acids is 1. The molecule has 112 valence electrons. The van der Waals surface area contributed by atoms with Gasteiger partial charge in [-0.05, 0) is 36.6 Å². The predicted molar refractivity (Wildman–Crippen MR) is 76.3 cm³/mol. The number of aromatic nitrogens is 3. The Hall–Kier alpha value is -2.26. The molecule has 0 aliphatic carbocycles. The second-order valence-corrected chi connectivity index (χ2v) is 6.04. The number of hydrogen-bond donors (Lipinski definition) is 3. The maximum atomic E-state index is 12.0. The summed E-state index contributed by atoms with van der Waals surface area (Å²) in [5, 5.41) is 17.5. The zero-order valence-corrected chi connectivity index (χ0v) is 12.4. The quantitative estimate of drug-likeness (QED) is 0.760. The predicted octanol–water partition coefficient (Wildman–Crippen LogP) is 0.575. The average molecular weight is 309 g/mol. The normalized spacial score (nSPS) is 11.4. The zero-order chi connectivity index (χ0) is 15.6. The van der Waals surface area contributed by atoms with Crippen molar-refractivity contribution in [3.63, 3.8) is 0 Å². The van der Waals surface area contributed by atoms with Gasteiger partial charge in [-0.3, -0.25) is 4.79 Å². The van der Waals surface area contributed by atoms with Crippen LogP contribution in [0.15, 0.2) is 23.2 Å². The van der Waals surface area contributed by atoms with Crippen molar-refractivity contribution in [1.29, 1.82) is 0 Å². The summed E-state index contributed by atoms with van der Waals surface area (Å²) in [4.78, 5) is 12.0. The highest BCUT2D eigenvalue weighted by atomic mass is 32.2. The molecule has 1 amide bonds. The van der Waals surface area contributed by atoms with E-state index in [1.54, 1.807) is 6.92 Å². The molecule has 2 rings (SSSR count). The molecule has 0 saturated heterocycles. The number of anilines is 1. The van der Waals surface area contributed by atoms with Crippen molar-refractivity contribution in [2.75, 3.05) is 5.32 Å². The van der Waals surface area contributed by atoms with Gasteiger partial charge in [-0.1, -0.05) is 6.92 Å². The van der Waals surface area contributed by atoms with E-state index < -0.39 is 15.9 Å². The van der Waals surface area contributed by atoms with E-state index in [4.69, 9.17) is 5.14 Å². The summed E-state index contributed by atoms with van der Waals surface area (Å²) >= 11 is 0. The van der Waals surface area contributed by atoms with Crippen LogP contribution in [0.25, 0.3) is 0 Å². The number of rotatable bonds is 4. The molecule has 1 aromatic carbocycles. The molecule has 8 nitrogen and oxygen atoms in total. The van der Waals surface area contributed by atoms with E-state index in [1.807, 2.05) is 6.92 Å². The Bertz CT molecular complexity index is 768. The number of carbonyl (C=O) groups is 1. The molecular weight excluding hydrogens is 294 g/mol. The lowest BCUT2D eigenvalue weighted by atomic mass is 10.1. The molecule has 0 aliphatic rings. The molecule has 21 heavy (non-hydrogen) atoms. The average Bonchev–Trinajstić information content (AvgIpc) is 2.93. The Balaban J connectivity index is 2.42. The SMILES string of the molecule is CCc1cc(S(N)(=O)=O)cc(C)c1NC(=O)c1cn[nH]n1. The first kappa shape index (κ1) is 15.1. The van der Waals surface area contributed by atoms with E-state index in [2.05, 4.69) is 20.7 Å². The summed E-state index contributed by atoms with van der Waals surface area (Å²) in [6.07, 6.45) is 1.84. The maximum Gasteiger partial charge on any atom is 0.277 e. The monoisotopic (exact) mass is 309 g/mol. The van der Waals surface area contributed by atoms with Crippen LogP contribution in [0.4, 0.5) is 5.69 Å². The van der Waals surface area contributed by atoms with Gasteiger partial charge in [0, 0.05) is 5.69 Å². The van der Waals surface area contributed by atoms with Crippen molar-refractivity contribution in [3.05, 3.63) is 35.2 Å². The number of H-pyrrole nitrogens is 1. The molecule has 0 unspecified atom stereocenters. The van der Waals surface area contributed by atoms with Gasteiger partial charge in [-0.2, -0.15) is 15.4 Å². The number of nitrogens with one attached hydrogen (secondary N) is 2. The number of nitrogens with two attached hydrogens (primary N) is 1. The number of aryl methyl sites for hydroxylation is 2. The highest BCUT2D eigenvalue weighted by molar-refractivity contribution is 7.89. The number of amides is 1. The van der Waals surface area contributed by atoms with Gasteiger partial charge in [0.15, 0.2) is 5.69 Å². The van der Waals surface area contributed by atoms with E-state index in [-0.39, 0.29) is 10.6 Å². The topological polar surface area (TPSA) is 131 Å². The van der Waals surface area contributed by atoms with E-state index in [0.29, 0.717) is 23.2 Å². The molecule has 1 heterocycles. The summed E-state index contributed by atoms with van der Waals surface area (Å²) in [6, 6.07) is 2.88. The molecule has 2 aromatic rings. The molecule has 4 N–H and O–H groups in total. The Morgan fingerprint density at radius 3 is 2.67 bits per heavy atom. The van der Waals surface area contributed by atoms with Crippen LogP contribution in [-0.2, 0) is 16.4 Å². The fourth-order valence-electron chi connectivity index (χ4n) is 1.93. The van der Waals surface area contributed by atoms with E-state index in [9.17, 15) is 13.2 Å². The maximum absolute atomic E-state index is 12.0. The Labute approximate surface area is 121 Å². The molecule has 0 spiro atoms. The number of primary sulfonamides is 1. The third-order valence-corrected chi connectivity index (χ3v) is 3.88. The molecule has 0 bridgehead atoms. The first-order valence-electron chi connectivity index (χ1n) is 6.16. The van der Waals surface area contributed by atoms with Crippen LogP contribution >= 0.6 is 0 Å². The fourth-order valence-corrected chi connectivity index (χ4v) is 2.58. The van der Waals surface area contributed by atoms with Crippen molar-refractivity contribution in [1.82, 2.24) is 15.4 Å². The van der Waals surface area contributed by atoms with Gasteiger partial charge < -0.3 is 5.32 Å². The summed E-state index contributed by atoms with van der Waals surface area (Å²) in [5.41, 5.74) is 1.98. The largest absolute Gasteiger partial charge is 0.320 e. The second-order valence-electron chi connectivity index (χ2n) is 4.48. The number of hydrogen-bond acceptors (Lipinski definition) is 5. The molecule has 1 aromatic heterocycles. The Morgan fingerprint density at radius 2 is 2.14 bits per heavy atom. The molecule has 0 fully saturated rings. The standard InChI is InChI=1S/C12H15N5O3S/c1-3-8-5-9(21(13,19)20)4-7(2)11(8)15-12(18)10-6-14-17-16-10/h4-6H,3H2,1-2H3,(H,15,18)(H2,13,19,20)(H,14,16,17). The molecule has 0 saturated carbocycles. The fraction of sp³-hybridized carbons (Fsp3) is 0.250. The number of aromatic amines is 1. The van der Waals surface area contributed by atoms with Gasteiger partial charge in [-0.25, -0.2) is 13.6 Å². The number of nitrogens with zero attached hydrogens (tertiary/aromatic N) is 2. The third-order valence-electron chi connectivity index (χ3n) is 2.99. The van der Waals surface area contributed by atoms with Gasteiger partial charge in [0.2, 0.25) is 10.0 Å². The number of sulfonamides is 1. The van der Waals surface area contributed by atoms with Gasteiger partial charge >= 0.3 is 0 Å². The van der Waals surface area contributed by atoms with Gasteiger partial charge in [0.25, 0.3) is 5.91 Å². The van der Waals surface area contributed by atoms with Crippen molar-refractivity contribution in [2.45, 2.75) is 25.2 Å². The molecular formula is C12H15N5O3S. The summed E-state index contributed by atoms with van der Waals surface area (Å²) in [7, 11) is -3.79. The van der Waals surface area contributed by atoms with Gasteiger partial charge in [0.1, 0.15) is 0 Å². The highest BCUT2D eigenvalue weighted by Crippen LogP contribution is 2.25. The lowest BCUT2D eigenvalue weighted by Gasteiger charge is -2.14. The molecule has 0 atom stereocenters. The third kappa shape index (κ3) is 3.26. The van der Waals surface area contributed by atoms with Gasteiger partial charge in [-0.15, -0.1) is 0 Å². The van der Waals surface area contributed by atoms with Crippen molar-refractivity contribution in [3.8, 4) is 0 Å². The van der Waals surface area contributed by atoms with Crippen LogP contribution in [0.3, 0.4) is 0 Å². The van der Waals surface area contributed by atoms with Crippen LogP contribution in [0.1, 0.15) is 28.5 Å². The van der Waals surface area contributed by atoms with Crippen LogP contribution in [0.2, 0.25) is 0 Å². The van der Waals surface area contributed by atoms with Crippen molar-refractivity contribution < 1.29 is 13.2 Å². The zero-order valence-electron chi connectivity index (χ0n) is 11.5. The minimum Gasteiger partial charge on any atom is -0.320 e. The number of benzene rings is 1. The second kappa shape index (κ2) is 5.62.